The SMILES string of the molecule is [2H]c1ccc([2H])c2[nH]c(CN(CCCCN)[C@H]3CCCc4cccnc43)nc12. The number of pyridine rings is 1. The maximum absolute atomic E-state index is 8.09. The Morgan fingerprint density at radius 3 is 3.08 bits per heavy atom. The summed E-state index contributed by atoms with van der Waals surface area (Å²) in [5, 5.41) is 0. The van der Waals surface area contributed by atoms with E-state index in [9.17, 15) is 0 Å². The Balaban J connectivity index is 1.64. The summed E-state index contributed by atoms with van der Waals surface area (Å²) in [5.41, 5.74) is 9.46. The van der Waals surface area contributed by atoms with Gasteiger partial charge in [-0.25, -0.2) is 4.98 Å². The van der Waals surface area contributed by atoms with E-state index >= 15 is 0 Å². The fourth-order valence-electron chi connectivity index (χ4n) is 3.89. The number of hydrogen-bond donors (Lipinski definition) is 2. The molecule has 1 atom stereocenters. The highest BCUT2D eigenvalue weighted by Crippen LogP contribution is 2.33. The molecule has 5 heteroatoms. The maximum atomic E-state index is 8.09. The summed E-state index contributed by atoms with van der Waals surface area (Å²) in [7, 11) is 0. The van der Waals surface area contributed by atoms with Crippen LogP contribution in [0.3, 0.4) is 0 Å². The van der Waals surface area contributed by atoms with Crippen molar-refractivity contribution in [2.75, 3.05) is 13.1 Å². The molecule has 1 aliphatic rings. The van der Waals surface area contributed by atoms with Gasteiger partial charge >= 0.3 is 0 Å². The van der Waals surface area contributed by atoms with Gasteiger partial charge in [0, 0.05) is 6.20 Å². The maximum Gasteiger partial charge on any atom is 0.121 e. The van der Waals surface area contributed by atoms with Gasteiger partial charge < -0.3 is 10.7 Å². The van der Waals surface area contributed by atoms with E-state index in [1.807, 2.05) is 12.3 Å². The lowest BCUT2D eigenvalue weighted by molar-refractivity contribution is 0.159. The van der Waals surface area contributed by atoms with Crippen molar-refractivity contribution in [1.29, 1.82) is 0 Å². The van der Waals surface area contributed by atoms with Crippen LogP contribution >= 0.6 is 0 Å². The average Bonchev–Trinajstić information content (AvgIpc) is 3.15. The molecule has 26 heavy (non-hydrogen) atoms. The smallest absolute Gasteiger partial charge is 0.121 e. The number of aromatic nitrogens is 3. The first-order valence-corrected chi connectivity index (χ1v) is 9.50. The van der Waals surface area contributed by atoms with Crippen molar-refractivity contribution >= 4 is 11.0 Å². The van der Waals surface area contributed by atoms with Gasteiger partial charge in [-0.05, 0) is 68.9 Å². The molecule has 2 heterocycles. The van der Waals surface area contributed by atoms with Gasteiger partial charge in [0.05, 0.1) is 32.1 Å². The van der Waals surface area contributed by atoms with Crippen LogP contribution < -0.4 is 5.73 Å². The Morgan fingerprint density at radius 1 is 1.27 bits per heavy atom. The number of para-hydroxylation sites is 2. The number of aromatic amines is 1. The molecule has 2 aromatic heterocycles. The van der Waals surface area contributed by atoms with Crippen molar-refractivity contribution in [2.45, 2.75) is 44.7 Å². The fourth-order valence-corrected chi connectivity index (χ4v) is 3.89. The molecular formula is C21H27N5. The van der Waals surface area contributed by atoms with Gasteiger partial charge in [0.15, 0.2) is 0 Å². The molecule has 0 bridgehead atoms. The Morgan fingerprint density at radius 2 is 2.19 bits per heavy atom. The molecule has 4 rings (SSSR count). The highest BCUT2D eigenvalue weighted by molar-refractivity contribution is 5.74. The molecule has 3 N–H and O–H groups in total. The number of imidazole rings is 1. The van der Waals surface area contributed by atoms with Crippen molar-refractivity contribution in [3.05, 3.63) is 59.6 Å². The van der Waals surface area contributed by atoms with Crippen LogP contribution in [0.25, 0.3) is 11.0 Å². The number of fused-ring (bicyclic) bond motifs is 2. The van der Waals surface area contributed by atoms with E-state index in [1.54, 1.807) is 12.1 Å². The van der Waals surface area contributed by atoms with E-state index in [2.05, 4.69) is 20.9 Å². The Bertz CT molecular complexity index is 916. The minimum Gasteiger partial charge on any atom is -0.341 e. The van der Waals surface area contributed by atoms with E-state index in [1.165, 1.54) is 11.3 Å². The van der Waals surface area contributed by atoms with Crippen LogP contribution in [0.5, 0.6) is 0 Å². The zero-order valence-electron chi connectivity index (χ0n) is 17.0. The van der Waals surface area contributed by atoms with Crippen molar-refractivity contribution in [3.63, 3.8) is 0 Å². The number of nitrogens with one attached hydrogen (secondary N) is 1. The highest BCUT2D eigenvalue weighted by Gasteiger charge is 2.27. The quantitative estimate of drug-likeness (QED) is 0.638. The van der Waals surface area contributed by atoms with Gasteiger partial charge in [-0.1, -0.05) is 18.2 Å². The molecule has 1 aromatic carbocycles. The van der Waals surface area contributed by atoms with Crippen LogP contribution in [0.4, 0.5) is 0 Å². The number of H-pyrrole nitrogens is 1. The summed E-state index contributed by atoms with van der Waals surface area (Å²) in [4.78, 5) is 15.1. The second kappa shape index (κ2) is 7.98. The number of nitrogens with zero attached hydrogens (tertiary/aromatic N) is 3. The lowest BCUT2D eigenvalue weighted by Crippen LogP contribution is -2.33. The highest BCUT2D eigenvalue weighted by atomic mass is 15.2. The molecule has 0 amide bonds. The lowest BCUT2D eigenvalue weighted by Gasteiger charge is -2.34. The second-order valence-corrected chi connectivity index (χ2v) is 6.95. The van der Waals surface area contributed by atoms with Crippen LogP contribution in [-0.4, -0.2) is 32.9 Å². The fraction of sp³-hybridized carbons (Fsp3) is 0.429. The molecule has 1 aliphatic carbocycles. The molecule has 5 nitrogen and oxygen atoms in total. The van der Waals surface area contributed by atoms with Crippen LogP contribution in [-0.2, 0) is 13.0 Å². The van der Waals surface area contributed by atoms with Gasteiger partial charge in [0.25, 0.3) is 0 Å². The molecule has 0 unspecified atom stereocenters. The molecular weight excluding hydrogens is 322 g/mol. The first kappa shape index (κ1) is 14.9. The number of nitrogens with two attached hydrogens (primary N) is 1. The van der Waals surface area contributed by atoms with E-state index in [0.717, 1.165) is 44.5 Å². The minimum atomic E-state index is 0.266. The summed E-state index contributed by atoms with van der Waals surface area (Å²) in [6, 6.07) is 8.48. The first-order chi connectivity index (χ1) is 13.7. The molecule has 0 saturated heterocycles. The van der Waals surface area contributed by atoms with Crippen LogP contribution in [0.15, 0.2) is 42.5 Å². The van der Waals surface area contributed by atoms with Gasteiger partial charge in [-0.3, -0.25) is 9.88 Å². The summed E-state index contributed by atoms with van der Waals surface area (Å²) in [6.45, 7) is 2.28. The summed E-state index contributed by atoms with van der Waals surface area (Å²) >= 11 is 0. The normalized spacial score (nSPS) is 18.0. The predicted octanol–water partition coefficient (Wildman–Crippen LogP) is 3.58. The zero-order valence-corrected chi connectivity index (χ0v) is 15.0. The standard InChI is InChI=1S/C21H27N5/c22-12-3-4-14-26(15-20-24-17-9-1-2-10-18(17)25-20)19-11-5-7-16-8-6-13-23-21(16)19/h1-2,6,8-10,13,19H,3-5,7,11-12,14-15,22H2,(H,24,25)/t19-/m0/s1/i9D,10D. The third-order valence-electron chi connectivity index (χ3n) is 5.14. The second-order valence-electron chi connectivity index (χ2n) is 6.95. The third-order valence-corrected chi connectivity index (χ3v) is 5.14. The summed E-state index contributed by atoms with van der Waals surface area (Å²) < 4.78 is 16.2. The van der Waals surface area contributed by atoms with E-state index in [-0.39, 0.29) is 6.04 Å². The van der Waals surface area contributed by atoms with Gasteiger partial charge in [-0.2, -0.15) is 0 Å². The van der Waals surface area contributed by atoms with Crippen molar-refractivity contribution in [2.24, 2.45) is 5.73 Å². The van der Waals surface area contributed by atoms with Crippen LogP contribution in [0.2, 0.25) is 0 Å². The Kier molecular flexibility index (Phi) is 4.56. The first-order valence-electron chi connectivity index (χ1n) is 10.5. The number of rotatable bonds is 7. The number of hydrogen-bond acceptors (Lipinski definition) is 4. The van der Waals surface area contributed by atoms with Gasteiger partial charge in [0.1, 0.15) is 5.82 Å². The van der Waals surface area contributed by atoms with Crippen LogP contribution in [0.1, 0.15) is 51.5 Å². The molecule has 0 saturated carbocycles. The van der Waals surface area contributed by atoms with Crippen molar-refractivity contribution in [3.8, 4) is 0 Å². The molecule has 3 aromatic rings. The number of unbranched alkanes of at least 4 members (excludes halogenated alkanes) is 1. The van der Waals surface area contributed by atoms with Crippen molar-refractivity contribution < 1.29 is 2.74 Å². The minimum absolute atomic E-state index is 0.266. The van der Waals surface area contributed by atoms with Gasteiger partial charge in [0.2, 0.25) is 0 Å². The van der Waals surface area contributed by atoms with E-state index in [0.29, 0.717) is 36.2 Å². The van der Waals surface area contributed by atoms with Gasteiger partial charge in [-0.15, -0.1) is 0 Å². The topological polar surface area (TPSA) is 70.8 Å². The largest absolute Gasteiger partial charge is 0.341 e. The lowest BCUT2D eigenvalue weighted by atomic mass is 9.90. The molecule has 136 valence electrons. The Hall–Kier alpha value is -2.24. The van der Waals surface area contributed by atoms with E-state index < -0.39 is 0 Å². The van der Waals surface area contributed by atoms with Crippen LogP contribution in [0, 0.1) is 0 Å². The summed E-state index contributed by atoms with van der Waals surface area (Å²) in [6.07, 6.45) is 7.24. The zero-order chi connectivity index (χ0) is 19.5. The predicted molar refractivity (Wildman–Crippen MR) is 105 cm³/mol. The average molecular weight is 351 g/mol. The molecule has 0 fully saturated rings. The van der Waals surface area contributed by atoms with Crippen molar-refractivity contribution in [1.82, 2.24) is 19.9 Å². The number of aryl methyl sites for hydroxylation is 1. The molecule has 0 spiro atoms. The Labute approximate surface area is 157 Å². The summed E-state index contributed by atoms with van der Waals surface area (Å²) in [5.74, 6) is 0.805. The van der Waals surface area contributed by atoms with E-state index in [4.69, 9.17) is 13.5 Å². The molecule has 0 radical (unpaired) electrons. The third kappa shape index (κ3) is 3.64. The monoisotopic (exact) mass is 351 g/mol. The molecule has 0 aliphatic heterocycles. The number of benzene rings is 1.